The van der Waals surface area contributed by atoms with E-state index in [1.165, 1.54) is 6.07 Å². The molecule has 1 aliphatic heterocycles. The van der Waals surface area contributed by atoms with Crippen LogP contribution in [0.4, 0.5) is 10.1 Å². The van der Waals surface area contributed by atoms with E-state index in [4.69, 9.17) is 0 Å². The largest absolute Gasteiger partial charge is 0.326 e. The maximum atomic E-state index is 12.9. The van der Waals surface area contributed by atoms with Gasteiger partial charge in [-0.2, -0.15) is 0 Å². The fraction of sp³-hybridized carbons (Fsp3) is 0.364. The lowest BCUT2D eigenvalue weighted by Crippen LogP contribution is -2.43. The molecule has 86 valence electrons. The average molecular weight is 287 g/mol. The molecule has 2 rings (SSSR count). The highest BCUT2D eigenvalue weighted by Crippen LogP contribution is 2.20. The standard InChI is InChI=1S/C11H12BrFN2O/c12-9-4-8(1-2-10(9)13)15-11(16)3-7-5-14-6-7/h1-2,4,7,14H,3,5-6H2,(H,15,16). The summed E-state index contributed by atoms with van der Waals surface area (Å²) in [6, 6.07) is 4.44. The van der Waals surface area contributed by atoms with Crippen molar-refractivity contribution < 1.29 is 9.18 Å². The molecular formula is C11H12BrFN2O. The van der Waals surface area contributed by atoms with E-state index >= 15 is 0 Å². The van der Waals surface area contributed by atoms with Gasteiger partial charge in [0.25, 0.3) is 0 Å². The van der Waals surface area contributed by atoms with Gasteiger partial charge in [-0.05, 0) is 53.1 Å². The summed E-state index contributed by atoms with van der Waals surface area (Å²) < 4.78 is 13.3. The zero-order chi connectivity index (χ0) is 11.5. The number of hydrogen-bond donors (Lipinski definition) is 2. The number of carbonyl (C=O) groups excluding carboxylic acids is 1. The van der Waals surface area contributed by atoms with Crippen LogP contribution in [0.1, 0.15) is 6.42 Å². The number of carbonyl (C=O) groups is 1. The fourth-order valence-corrected chi connectivity index (χ4v) is 1.92. The van der Waals surface area contributed by atoms with E-state index in [2.05, 4.69) is 26.6 Å². The minimum atomic E-state index is -0.332. The number of hydrogen-bond acceptors (Lipinski definition) is 2. The number of halogens is 2. The van der Waals surface area contributed by atoms with Gasteiger partial charge in [-0.1, -0.05) is 0 Å². The Morgan fingerprint density at radius 3 is 2.88 bits per heavy atom. The van der Waals surface area contributed by atoms with Gasteiger partial charge in [-0.3, -0.25) is 4.79 Å². The maximum Gasteiger partial charge on any atom is 0.224 e. The third kappa shape index (κ3) is 2.80. The summed E-state index contributed by atoms with van der Waals surface area (Å²) in [5.74, 6) is 0.0788. The fourth-order valence-electron chi connectivity index (χ4n) is 1.54. The van der Waals surface area contributed by atoms with Crippen LogP contribution < -0.4 is 10.6 Å². The molecule has 1 heterocycles. The van der Waals surface area contributed by atoms with E-state index in [0.29, 0.717) is 22.5 Å². The molecule has 1 fully saturated rings. The first-order valence-corrected chi connectivity index (χ1v) is 5.90. The van der Waals surface area contributed by atoms with Gasteiger partial charge in [0.15, 0.2) is 0 Å². The normalized spacial score (nSPS) is 15.6. The molecule has 1 amide bonds. The number of anilines is 1. The van der Waals surface area contributed by atoms with Crippen molar-refractivity contribution in [3.8, 4) is 0 Å². The molecular weight excluding hydrogens is 275 g/mol. The third-order valence-corrected chi connectivity index (χ3v) is 3.15. The molecule has 16 heavy (non-hydrogen) atoms. The summed E-state index contributed by atoms with van der Waals surface area (Å²) in [5.41, 5.74) is 0.616. The first kappa shape index (κ1) is 11.5. The first-order chi connectivity index (χ1) is 7.65. The van der Waals surface area contributed by atoms with Crippen LogP contribution in [0.5, 0.6) is 0 Å². The number of nitrogens with one attached hydrogen (secondary N) is 2. The summed E-state index contributed by atoms with van der Waals surface area (Å²) in [5, 5.41) is 5.86. The Hall–Kier alpha value is -0.940. The molecule has 1 aromatic rings. The Morgan fingerprint density at radius 2 is 2.31 bits per heavy atom. The van der Waals surface area contributed by atoms with Gasteiger partial charge in [0, 0.05) is 12.1 Å². The second-order valence-corrected chi connectivity index (χ2v) is 4.76. The summed E-state index contributed by atoms with van der Waals surface area (Å²) >= 11 is 3.08. The SMILES string of the molecule is O=C(CC1CNC1)Nc1ccc(F)c(Br)c1. The van der Waals surface area contributed by atoms with Gasteiger partial charge in [0.1, 0.15) is 5.82 Å². The third-order valence-electron chi connectivity index (χ3n) is 2.54. The lowest BCUT2D eigenvalue weighted by molar-refractivity contribution is -0.117. The highest BCUT2D eigenvalue weighted by atomic mass is 79.9. The monoisotopic (exact) mass is 286 g/mol. The Labute approximate surface area is 102 Å². The zero-order valence-corrected chi connectivity index (χ0v) is 10.2. The van der Waals surface area contributed by atoms with Crippen LogP contribution in [-0.4, -0.2) is 19.0 Å². The number of benzene rings is 1. The van der Waals surface area contributed by atoms with Gasteiger partial charge >= 0.3 is 0 Å². The minimum Gasteiger partial charge on any atom is -0.326 e. The Balaban J connectivity index is 1.92. The molecule has 0 saturated carbocycles. The Morgan fingerprint density at radius 1 is 1.56 bits per heavy atom. The van der Waals surface area contributed by atoms with Crippen molar-refractivity contribution in [2.45, 2.75) is 6.42 Å². The van der Waals surface area contributed by atoms with Crippen LogP contribution in [0.25, 0.3) is 0 Å². The molecule has 1 saturated heterocycles. The van der Waals surface area contributed by atoms with E-state index in [1.54, 1.807) is 12.1 Å². The highest BCUT2D eigenvalue weighted by molar-refractivity contribution is 9.10. The molecule has 0 unspecified atom stereocenters. The van der Waals surface area contributed by atoms with Crippen LogP contribution in [0.2, 0.25) is 0 Å². The second-order valence-electron chi connectivity index (χ2n) is 3.91. The summed E-state index contributed by atoms with van der Waals surface area (Å²) in [6.07, 6.45) is 0.516. The zero-order valence-electron chi connectivity index (χ0n) is 8.59. The van der Waals surface area contributed by atoms with Crippen molar-refractivity contribution in [1.29, 1.82) is 0 Å². The lowest BCUT2D eigenvalue weighted by atomic mass is 9.99. The lowest BCUT2D eigenvalue weighted by Gasteiger charge is -2.26. The van der Waals surface area contributed by atoms with Gasteiger partial charge in [0.05, 0.1) is 4.47 Å². The second kappa shape index (κ2) is 4.93. The minimum absolute atomic E-state index is 0.0231. The van der Waals surface area contributed by atoms with Crippen LogP contribution >= 0.6 is 15.9 Å². The van der Waals surface area contributed by atoms with Crippen molar-refractivity contribution in [2.75, 3.05) is 18.4 Å². The molecule has 0 aliphatic carbocycles. The summed E-state index contributed by atoms with van der Waals surface area (Å²) in [6.45, 7) is 1.81. The molecule has 3 nitrogen and oxygen atoms in total. The van der Waals surface area contributed by atoms with Gasteiger partial charge in [-0.15, -0.1) is 0 Å². The van der Waals surface area contributed by atoms with Crippen molar-refractivity contribution in [2.24, 2.45) is 5.92 Å². The molecule has 1 aromatic carbocycles. The number of rotatable bonds is 3. The van der Waals surface area contributed by atoms with Gasteiger partial charge in [-0.25, -0.2) is 4.39 Å². The van der Waals surface area contributed by atoms with Gasteiger partial charge < -0.3 is 10.6 Å². The van der Waals surface area contributed by atoms with Crippen molar-refractivity contribution in [1.82, 2.24) is 5.32 Å². The molecule has 0 bridgehead atoms. The smallest absolute Gasteiger partial charge is 0.224 e. The molecule has 0 aromatic heterocycles. The van der Waals surface area contributed by atoms with E-state index in [1.807, 2.05) is 0 Å². The first-order valence-electron chi connectivity index (χ1n) is 5.11. The van der Waals surface area contributed by atoms with Crippen LogP contribution in [0.3, 0.4) is 0 Å². The van der Waals surface area contributed by atoms with E-state index in [-0.39, 0.29) is 11.7 Å². The molecule has 0 atom stereocenters. The molecule has 5 heteroatoms. The topological polar surface area (TPSA) is 41.1 Å². The molecule has 0 spiro atoms. The molecule has 2 N–H and O–H groups in total. The highest BCUT2D eigenvalue weighted by Gasteiger charge is 2.20. The summed E-state index contributed by atoms with van der Waals surface area (Å²) in [7, 11) is 0. The van der Waals surface area contributed by atoms with Crippen molar-refractivity contribution in [3.63, 3.8) is 0 Å². The predicted molar refractivity (Wildman–Crippen MR) is 63.7 cm³/mol. The van der Waals surface area contributed by atoms with Gasteiger partial charge in [0.2, 0.25) is 5.91 Å². The maximum absolute atomic E-state index is 12.9. The van der Waals surface area contributed by atoms with Crippen LogP contribution in [0, 0.1) is 11.7 Å². The molecule has 1 aliphatic rings. The average Bonchev–Trinajstić information content (AvgIpc) is 2.18. The van der Waals surface area contributed by atoms with Crippen LogP contribution in [0.15, 0.2) is 22.7 Å². The van der Waals surface area contributed by atoms with E-state index in [0.717, 1.165) is 13.1 Å². The van der Waals surface area contributed by atoms with E-state index < -0.39 is 0 Å². The Bertz CT molecular complexity index is 407. The van der Waals surface area contributed by atoms with E-state index in [9.17, 15) is 9.18 Å². The van der Waals surface area contributed by atoms with Crippen LogP contribution in [-0.2, 0) is 4.79 Å². The number of amides is 1. The van der Waals surface area contributed by atoms with Crippen molar-refractivity contribution in [3.05, 3.63) is 28.5 Å². The molecule has 0 radical (unpaired) electrons. The summed E-state index contributed by atoms with van der Waals surface area (Å²) in [4.78, 5) is 11.6. The van der Waals surface area contributed by atoms with Crippen molar-refractivity contribution >= 4 is 27.5 Å². The quantitative estimate of drug-likeness (QED) is 0.894. The predicted octanol–water partition coefficient (Wildman–Crippen LogP) is 2.14. The Kier molecular flexibility index (Phi) is 3.56.